The predicted octanol–water partition coefficient (Wildman–Crippen LogP) is 5.58. The Bertz CT molecular complexity index is 1420. The van der Waals surface area contributed by atoms with E-state index >= 15 is 0 Å². The molecule has 0 saturated heterocycles. The number of fused-ring (bicyclic) bond motifs is 2. The van der Waals surface area contributed by atoms with Crippen molar-refractivity contribution in [3.05, 3.63) is 65.9 Å². The molecule has 0 bridgehead atoms. The Morgan fingerprint density at radius 2 is 1.86 bits per heavy atom. The minimum absolute atomic E-state index is 0. The molecule has 5 rings (SSSR count). The molecule has 183 valence electrons. The Kier molecular flexibility index (Phi) is 8.26. The number of esters is 1. The number of carbonyl (C=O) groups is 2. The van der Waals surface area contributed by atoms with Gasteiger partial charge in [0.05, 0.1) is 23.9 Å². The molecule has 1 saturated carbocycles. The number of hydrogen-bond donors (Lipinski definition) is 0. The summed E-state index contributed by atoms with van der Waals surface area (Å²) in [6.07, 6.45) is 8.80. The van der Waals surface area contributed by atoms with Crippen molar-refractivity contribution in [3.8, 4) is 11.3 Å². The second-order valence-electron chi connectivity index (χ2n) is 9.54. The average molecular weight is 557 g/mol. The Morgan fingerprint density at radius 1 is 1.08 bits per heavy atom. The Morgan fingerprint density at radius 3 is 2.58 bits per heavy atom. The van der Waals surface area contributed by atoms with Crippen molar-refractivity contribution < 1.29 is 47.0 Å². The molecule has 2 aromatic heterocycles. The van der Waals surface area contributed by atoms with E-state index < -0.39 is 0 Å². The van der Waals surface area contributed by atoms with E-state index in [1.807, 2.05) is 36.4 Å². The third-order valence-electron chi connectivity index (χ3n) is 7.15. The molecule has 0 spiro atoms. The SMILES string of the molecule is COC(=O)c1ccc2c(C3CCCCC3)c(-c3ccc4n[c-]ccc4c3)n(CC(=O)N(C)C)c2c1.[Y]. The van der Waals surface area contributed by atoms with Crippen LogP contribution in [-0.4, -0.2) is 47.5 Å². The zero-order chi connectivity index (χ0) is 24.5. The van der Waals surface area contributed by atoms with Gasteiger partial charge in [0.15, 0.2) is 0 Å². The van der Waals surface area contributed by atoms with Crippen LogP contribution in [0.3, 0.4) is 0 Å². The van der Waals surface area contributed by atoms with Crippen LogP contribution in [-0.2, 0) is 48.8 Å². The van der Waals surface area contributed by atoms with Gasteiger partial charge in [-0.15, -0.1) is 5.39 Å². The van der Waals surface area contributed by atoms with E-state index in [9.17, 15) is 9.59 Å². The predicted molar refractivity (Wildman–Crippen MR) is 137 cm³/mol. The fourth-order valence-electron chi connectivity index (χ4n) is 5.35. The molecule has 1 amide bonds. The third-order valence-corrected chi connectivity index (χ3v) is 7.15. The molecule has 7 heteroatoms. The average Bonchev–Trinajstić information content (AvgIpc) is 3.21. The number of amides is 1. The van der Waals surface area contributed by atoms with Crippen molar-refractivity contribution >= 4 is 33.7 Å². The largest absolute Gasteiger partial charge is 0.465 e. The number of carbonyl (C=O) groups excluding carboxylic acids is 2. The maximum absolute atomic E-state index is 13.0. The fourth-order valence-corrected chi connectivity index (χ4v) is 5.35. The normalized spacial score (nSPS) is 14.0. The fraction of sp³-hybridized carbons (Fsp3) is 0.345. The molecule has 1 radical (unpaired) electrons. The number of pyridine rings is 1. The number of nitrogens with zero attached hydrogens (tertiary/aromatic N) is 3. The molecular weight excluding hydrogens is 527 g/mol. The van der Waals surface area contributed by atoms with Gasteiger partial charge >= 0.3 is 5.97 Å². The first-order valence-electron chi connectivity index (χ1n) is 12.2. The van der Waals surface area contributed by atoms with Crippen molar-refractivity contribution in [2.45, 2.75) is 44.6 Å². The van der Waals surface area contributed by atoms with Gasteiger partial charge in [0.2, 0.25) is 5.91 Å². The molecule has 2 aromatic carbocycles. The third kappa shape index (κ3) is 4.98. The summed E-state index contributed by atoms with van der Waals surface area (Å²) in [7, 11) is 4.93. The molecule has 6 nitrogen and oxygen atoms in total. The summed E-state index contributed by atoms with van der Waals surface area (Å²) >= 11 is 0. The summed E-state index contributed by atoms with van der Waals surface area (Å²) in [4.78, 5) is 31.4. The molecule has 4 aromatic rings. The smallest absolute Gasteiger partial charge is 0.337 e. The van der Waals surface area contributed by atoms with E-state index in [2.05, 4.69) is 27.9 Å². The monoisotopic (exact) mass is 557 g/mol. The molecule has 0 atom stereocenters. The van der Waals surface area contributed by atoms with Gasteiger partial charge in [-0.25, -0.2) is 4.79 Å². The number of hydrogen-bond acceptors (Lipinski definition) is 4. The minimum Gasteiger partial charge on any atom is -0.465 e. The van der Waals surface area contributed by atoms with Crippen LogP contribution in [0.25, 0.3) is 33.1 Å². The maximum atomic E-state index is 13.0. The summed E-state index contributed by atoms with van der Waals surface area (Å²) in [5.41, 5.74) is 5.63. The number of ether oxygens (including phenoxy) is 1. The maximum Gasteiger partial charge on any atom is 0.337 e. The first kappa shape index (κ1) is 26.5. The number of likely N-dealkylation sites (N-methyl/N-ethyl adjacent to an activating group) is 1. The molecule has 1 aliphatic carbocycles. The molecule has 36 heavy (non-hydrogen) atoms. The zero-order valence-corrected chi connectivity index (χ0v) is 23.9. The summed E-state index contributed by atoms with van der Waals surface area (Å²) in [6.45, 7) is 0.190. The van der Waals surface area contributed by atoms with Gasteiger partial charge in [0, 0.05) is 52.2 Å². The van der Waals surface area contributed by atoms with Crippen molar-refractivity contribution in [1.82, 2.24) is 14.5 Å². The van der Waals surface area contributed by atoms with Gasteiger partial charge in [0.1, 0.15) is 6.54 Å². The van der Waals surface area contributed by atoms with Crippen LogP contribution < -0.4 is 0 Å². The Hall–Kier alpha value is -2.57. The van der Waals surface area contributed by atoms with Crippen LogP contribution in [0.4, 0.5) is 0 Å². The number of methoxy groups -OCH3 is 1. The number of aromatic nitrogens is 2. The van der Waals surface area contributed by atoms with E-state index in [4.69, 9.17) is 4.74 Å². The van der Waals surface area contributed by atoms with Gasteiger partial charge in [-0.05, 0) is 47.5 Å². The standard InChI is InChI=1S/C29H30N3O3.Y/c1-31(2)26(33)18-32-25-17-22(29(34)35-3)11-13-23(25)27(19-8-5-4-6-9-19)28(32)21-12-14-24-20(16-21)10-7-15-30-24;/h7,10-14,16-17,19H,4-6,8-9,18H2,1-3H3;/q-1;. The van der Waals surface area contributed by atoms with E-state index in [-0.39, 0.29) is 51.1 Å². The van der Waals surface area contributed by atoms with Crippen LogP contribution in [0, 0.1) is 6.20 Å². The Balaban J connectivity index is 0.00000304. The second kappa shape index (κ2) is 11.2. The minimum atomic E-state index is -0.382. The van der Waals surface area contributed by atoms with E-state index in [1.165, 1.54) is 31.9 Å². The summed E-state index contributed by atoms with van der Waals surface area (Å²) in [6, 6.07) is 15.8. The molecule has 0 N–H and O–H groups in total. The van der Waals surface area contributed by atoms with Gasteiger partial charge in [0.25, 0.3) is 0 Å². The molecule has 0 aliphatic heterocycles. The summed E-state index contributed by atoms with van der Waals surface area (Å²) in [5, 5.41) is 2.13. The number of benzene rings is 2. The van der Waals surface area contributed by atoms with E-state index in [0.717, 1.165) is 45.9 Å². The molecule has 0 unspecified atom stereocenters. The zero-order valence-electron chi connectivity index (χ0n) is 21.1. The first-order chi connectivity index (χ1) is 17.0. The molecule has 1 fully saturated rings. The summed E-state index contributed by atoms with van der Waals surface area (Å²) in [5.74, 6) is 0.0186. The van der Waals surface area contributed by atoms with E-state index in [1.54, 1.807) is 19.0 Å². The van der Waals surface area contributed by atoms with E-state index in [0.29, 0.717) is 11.5 Å². The van der Waals surface area contributed by atoms with Gasteiger partial charge in [-0.2, -0.15) is 12.1 Å². The molecular formula is C29H30N3O3Y-. The van der Waals surface area contributed by atoms with Crippen LogP contribution in [0.2, 0.25) is 0 Å². The van der Waals surface area contributed by atoms with Gasteiger partial charge in [-0.1, -0.05) is 49.7 Å². The molecule has 1 aliphatic rings. The van der Waals surface area contributed by atoms with Crippen molar-refractivity contribution in [2.75, 3.05) is 21.2 Å². The molecule has 2 heterocycles. The summed E-state index contributed by atoms with van der Waals surface area (Å²) < 4.78 is 7.09. The number of rotatable bonds is 5. The first-order valence-corrected chi connectivity index (χ1v) is 12.2. The van der Waals surface area contributed by atoms with Crippen LogP contribution in [0.1, 0.15) is 53.9 Å². The van der Waals surface area contributed by atoms with Crippen molar-refractivity contribution in [3.63, 3.8) is 0 Å². The van der Waals surface area contributed by atoms with Crippen LogP contribution in [0.15, 0.2) is 48.5 Å². The second-order valence-corrected chi connectivity index (χ2v) is 9.54. The van der Waals surface area contributed by atoms with Crippen molar-refractivity contribution in [1.29, 1.82) is 0 Å². The quantitative estimate of drug-likeness (QED) is 0.238. The van der Waals surface area contributed by atoms with Gasteiger partial charge < -0.3 is 19.2 Å². The van der Waals surface area contributed by atoms with Gasteiger partial charge in [-0.3, -0.25) is 4.79 Å². The topological polar surface area (TPSA) is 64.4 Å². The van der Waals surface area contributed by atoms with Crippen LogP contribution >= 0.6 is 0 Å². The van der Waals surface area contributed by atoms with Crippen molar-refractivity contribution in [2.24, 2.45) is 0 Å². The Labute approximate surface area is 236 Å². The van der Waals surface area contributed by atoms with Crippen LogP contribution in [0.5, 0.6) is 0 Å².